The molecule has 21 heavy (non-hydrogen) atoms. The van der Waals surface area contributed by atoms with E-state index in [-0.39, 0.29) is 18.4 Å². The standard InChI is InChI=1S/C15H31N3O3/c1-5-18(6-2)8-7-16-15(21)17-11-13(9-12(3)4)10-14(19)20/h12-13H,5-11H2,1-4H3,(H,19,20)(H2,16,17,21). The van der Waals surface area contributed by atoms with E-state index in [0.717, 1.165) is 26.1 Å². The summed E-state index contributed by atoms with van der Waals surface area (Å²) in [6.45, 7) is 12.0. The van der Waals surface area contributed by atoms with Gasteiger partial charge in [-0.15, -0.1) is 0 Å². The Bertz CT molecular complexity index is 305. The predicted octanol–water partition coefficient (Wildman–Crippen LogP) is 1.76. The first-order valence-corrected chi connectivity index (χ1v) is 7.84. The van der Waals surface area contributed by atoms with E-state index in [1.165, 1.54) is 0 Å². The normalized spacial score (nSPS) is 12.5. The molecule has 0 fully saturated rings. The quantitative estimate of drug-likeness (QED) is 0.543. The number of aliphatic carboxylic acids is 1. The van der Waals surface area contributed by atoms with Crippen molar-refractivity contribution >= 4 is 12.0 Å². The fraction of sp³-hybridized carbons (Fsp3) is 0.867. The van der Waals surface area contributed by atoms with Crippen LogP contribution >= 0.6 is 0 Å². The molecule has 124 valence electrons. The number of rotatable bonds is 11. The van der Waals surface area contributed by atoms with Gasteiger partial charge >= 0.3 is 12.0 Å². The first-order chi connectivity index (χ1) is 9.88. The van der Waals surface area contributed by atoms with Crippen molar-refractivity contribution in [2.75, 3.05) is 32.7 Å². The van der Waals surface area contributed by atoms with Gasteiger partial charge in [-0.25, -0.2) is 4.79 Å². The maximum atomic E-state index is 11.7. The van der Waals surface area contributed by atoms with Crippen molar-refractivity contribution in [2.24, 2.45) is 11.8 Å². The van der Waals surface area contributed by atoms with E-state index in [0.29, 0.717) is 19.0 Å². The molecule has 6 heteroatoms. The lowest BCUT2D eigenvalue weighted by atomic mass is 9.94. The van der Waals surface area contributed by atoms with Gasteiger partial charge in [0.05, 0.1) is 0 Å². The van der Waals surface area contributed by atoms with Gasteiger partial charge in [0.1, 0.15) is 0 Å². The minimum Gasteiger partial charge on any atom is -0.481 e. The lowest BCUT2D eigenvalue weighted by Gasteiger charge is -2.20. The summed E-state index contributed by atoms with van der Waals surface area (Å²) in [4.78, 5) is 24.7. The number of hydrogen-bond acceptors (Lipinski definition) is 3. The zero-order chi connectivity index (χ0) is 16.3. The van der Waals surface area contributed by atoms with Crippen molar-refractivity contribution in [3.63, 3.8) is 0 Å². The molecular formula is C15H31N3O3. The topological polar surface area (TPSA) is 81.7 Å². The van der Waals surface area contributed by atoms with Crippen molar-refractivity contribution in [2.45, 2.75) is 40.5 Å². The second-order valence-electron chi connectivity index (χ2n) is 5.76. The molecule has 0 aliphatic heterocycles. The molecule has 2 amide bonds. The van der Waals surface area contributed by atoms with Gasteiger partial charge in [0.2, 0.25) is 0 Å². The van der Waals surface area contributed by atoms with Crippen LogP contribution in [-0.4, -0.2) is 54.7 Å². The Morgan fingerprint density at radius 3 is 2.24 bits per heavy atom. The second kappa shape index (κ2) is 11.4. The Hall–Kier alpha value is -1.30. The van der Waals surface area contributed by atoms with Crippen LogP contribution in [0.25, 0.3) is 0 Å². The first kappa shape index (κ1) is 19.7. The van der Waals surface area contributed by atoms with Crippen LogP contribution in [0.15, 0.2) is 0 Å². The van der Waals surface area contributed by atoms with Crippen molar-refractivity contribution in [3.8, 4) is 0 Å². The molecule has 0 heterocycles. The Morgan fingerprint density at radius 2 is 1.76 bits per heavy atom. The molecule has 0 saturated carbocycles. The number of nitrogens with one attached hydrogen (secondary N) is 2. The van der Waals surface area contributed by atoms with Crippen molar-refractivity contribution in [3.05, 3.63) is 0 Å². The van der Waals surface area contributed by atoms with Gasteiger partial charge in [-0.05, 0) is 31.3 Å². The third-order valence-corrected chi connectivity index (χ3v) is 3.43. The minimum absolute atomic E-state index is 0.0176. The number of carbonyl (C=O) groups is 2. The molecule has 0 radical (unpaired) electrons. The molecule has 3 N–H and O–H groups in total. The molecule has 0 aliphatic rings. The van der Waals surface area contributed by atoms with Gasteiger partial charge in [-0.1, -0.05) is 27.7 Å². The Morgan fingerprint density at radius 1 is 1.14 bits per heavy atom. The monoisotopic (exact) mass is 301 g/mol. The lowest BCUT2D eigenvalue weighted by Crippen LogP contribution is -2.42. The SMILES string of the molecule is CCN(CC)CCNC(=O)NCC(CC(=O)O)CC(C)C. The number of hydrogen-bond donors (Lipinski definition) is 3. The van der Waals surface area contributed by atoms with Crippen LogP contribution in [0.1, 0.15) is 40.5 Å². The second-order valence-corrected chi connectivity index (χ2v) is 5.76. The van der Waals surface area contributed by atoms with E-state index in [9.17, 15) is 9.59 Å². The number of urea groups is 1. The average Bonchev–Trinajstić information content (AvgIpc) is 2.39. The van der Waals surface area contributed by atoms with E-state index in [1.54, 1.807) is 0 Å². The van der Waals surface area contributed by atoms with Crippen LogP contribution in [0.3, 0.4) is 0 Å². The maximum Gasteiger partial charge on any atom is 0.314 e. The first-order valence-electron chi connectivity index (χ1n) is 7.84. The van der Waals surface area contributed by atoms with Gasteiger partial charge in [0.15, 0.2) is 0 Å². The third kappa shape index (κ3) is 11.1. The molecule has 0 aromatic heterocycles. The molecule has 0 aliphatic carbocycles. The Labute approximate surface area is 128 Å². The van der Waals surface area contributed by atoms with E-state index in [4.69, 9.17) is 5.11 Å². The third-order valence-electron chi connectivity index (χ3n) is 3.43. The van der Waals surface area contributed by atoms with Crippen molar-refractivity contribution in [1.29, 1.82) is 0 Å². The molecule has 0 spiro atoms. The van der Waals surface area contributed by atoms with Crippen LogP contribution in [0.5, 0.6) is 0 Å². The molecule has 0 aromatic carbocycles. The molecule has 0 aromatic rings. The summed E-state index contributed by atoms with van der Waals surface area (Å²) in [7, 11) is 0. The number of likely N-dealkylation sites (N-methyl/N-ethyl adjacent to an activating group) is 1. The summed E-state index contributed by atoms with van der Waals surface area (Å²) in [6, 6.07) is -0.221. The van der Waals surface area contributed by atoms with Crippen LogP contribution in [0, 0.1) is 11.8 Å². The van der Waals surface area contributed by atoms with Crippen molar-refractivity contribution in [1.82, 2.24) is 15.5 Å². The van der Waals surface area contributed by atoms with Gasteiger partial charge in [0, 0.05) is 26.1 Å². The van der Waals surface area contributed by atoms with Gasteiger partial charge < -0.3 is 20.6 Å². The smallest absolute Gasteiger partial charge is 0.314 e. The van der Waals surface area contributed by atoms with Gasteiger partial charge in [-0.3, -0.25) is 4.79 Å². The fourth-order valence-electron chi connectivity index (χ4n) is 2.32. The van der Waals surface area contributed by atoms with Crippen molar-refractivity contribution < 1.29 is 14.7 Å². The van der Waals surface area contributed by atoms with E-state index in [2.05, 4.69) is 43.2 Å². The highest BCUT2D eigenvalue weighted by Crippen LogP contribution is 2.14. The molecule has 1 atom stereocenters. The van der Waals surface area contributed by atoms with Crippen LogP contribution < -0.4 is 10.6 Å². The zero-order valence-corrected chi connectivity index (χ0v) is 13.8. The van der Waals surface area contributed by atoms with Gasteiger partial charge in [-0.2, -0.15) is 0 Å². The van der Waals surface area contributed by atoms with E-state index in [1.807, 2.05) is 0 Å². The Balaban J connectivity index is 3.98. The van der Waals surface area contributed by atoms with Crippen LogP contribution in [-0.2, 0) is 4.79 Å². The average molecular weight is 301 g/mol. The van der Waals surface area contributed by atoms with Crippen LogP contribution in [0.2, 0.25) is 0 Å². The summed E-state index contributed by atoms with van der Waals surface area (Å²) in [6.07, 6.45) is 0.893. The number of carboxylic acids is 1. The zero-order valence-electron chi connectivity index (χ0n) is 13.8. The summed E-state index contributed by atoms with van der Waals surface area (Å²) in [5.41, 5.74) is 0. The van der Waals surface area contributed by atoms with E-state index < -0.39 is 5.97 Å². The highest BCUT2D eigenvalue weighted by molar-refractivity contribution is 5.74. The molecule has 6 nitrogen and oxygen atoms in total. The minimum atomic E-state index is -0.815. The Kier molecular flexibility index (Phi) is 10.7. The number of carbonyl (C=O) groups excluding carboxylic acids is 1. The molecule has 0 bridgehead atoms. The highest BCUT2D eigenvalue weighted by atomic mass is 16.4. The van der Waals surface area contributed by atoms with E-state index >= 15 is 0 Å². The highest BCUT2D eigenvalue weighted by Gasteiger charge is 2.16. The maximum absolute atomic E-state index is 11.7. The molecule has 0 rings (SSSR count). The molecule has 0 saturated heterocycles. The largest absolute Gasteiger partial charge is 0.481 e. The number of carboxylic acid groups (broad SMARTS) is 1. The summed E-state index contributed by atoms with van der Waals surface area (Å²) in [5.74, 6) is -0.415. The summed E-state index contributed by atoms with van der Waals surface area (Å²) < 4.78 is 0. The van der Waals surface area contributed by atoms with Gasteiger partial charge in [0.25, 0.3) is 0 Å². The lowest BCUT2D eigenvalue weighted by molar-refractivity contribution is -0.138. The summed E-state index contributed by atoms with van der Waals surface area (Å²) >= 11 is 0. The molecule has 1 unspecified atom stereocenters. The molecular weight excluding hydrogens is 270 g/mol. The number of amides is 2. The van der Waals surface area contributed by atoms with Crippen LogP contribution in [0.4, 0.5) is 4.79 Å². The number of nitrogens with zero attached hydrogens (tertiary/aromatic N) is 1. The summed E-state index contributed by atoms with van der Waals surface area (Å²) in [5, 5.41) is 14.5. The fourth-order valence-corrected chi connectivity index (χ4v) is 2.32. The predicted molar refractivity (Wildman–Crippen MR) is 84.4 cm³/mol.